The van der Waals surface area contributed by atoms with Crippen LogP contribution in [0.1, 0.15) is 19.4 Å². The summed E-state index contributed by atoms with van der Waals surface area (Å²) in [6, 6.07) is 10.4. The summed E-state index contributed by atoms with van der Waals surface area (Å²) in [7, 11) is 2.40. The molecule has 0 aromatic heterocycles. The third kappa shape index (κ3) is 13.0. The molecule has 9 heteroatoms. The Balaban J connectivity index is 0.000000515. The zero-order valence-electron chi connectivity index (χ0n) is 13.1. The molecule has 0 aliphatic carbocycles. The Bertz CT molecular complexity index is 477. The van der Waals surface area contributed by atoms with Crippen LogP contribution >= 0.6 is 70.0 Å². The highest BCUT2D eigenvalue weighted by Crippen LogP contribution is 2.20. The van der Waals surface area contributed by atoms with E-state index in [0.29, 0.717) is 8.64 Å². The molecule has 0 radical (unpaired) electrons. The molecule has 0 spiro atoms. The quantitative estimate of drug-likeness (QED) is 0.542. The maximum absolute atomic E-state index is 5.36. The minimum Gasteiger partial charge on any atom is -0.384 e. The largest absolute Gasteiger partial charge is 0.384 e. The monoisotopic (exact) mass is 423 g/mol. The molecule has 0 saturated carbocycles. The summed E-state index contributed by atoms with van der Waals surface area (Å²) >= 11 is 16.1. The number of benzene rings is 1. The van der Waals surface area contributed by atoms with Crippen LogP contribution in [0.2, 0.25) is 0 Å². The van der Waals surface area contributed by atoms with Crippen LogP contribution in [0.3, 0.4) is 0 Å². The van der Waals surface area contributed by atoms with E-state index in [4.69, 9.17) is 23.7 Å². The molecule has 4 N–H and O–H groups in total. The standard InChI is InChI=1S/C12H17NS2.C2H4N2S4/c1-3-13(4-2)12(14)15-10-11-8-6-5-7-9-11;3-1(5)7-8-2(4)6/h5-9H,3-4,10H2,1-2H3;(H2,3,5)(H2,4,6). The summed E-state index contributed by atoms with van der Waals surface area (Å²) in [5.74, 6) is 0.968. The van der Waals surface area contributed by atoms with E-state index in [1.165, 1.54) is 27.2 Å². The van der Waals surface area contributed by atoms with Crippen molar-refractivity contribution >= 4 is 83.0 Å². The number of thioether (sulfide) groups is 1. The molecule has 23 heavy (non-hydrogen) atoms. The average Bonchev–Trinajstić information content (AvgIpc) is 2.54. The Hall–Kier alpha value is -0.0600. The van der Waals surface area contributed by atoms with Crippen molar-refractivity contribution in [2.24, 2.45) is 11.5 Å². The lowest BCUT2D eigenvalue weighted by molar-refractivity contribution is 0.482. The van der Waals surface area contributed by atoms with Gasteiger partial charge in [-0.2, -0.15) is 0 Å². The fourth-order valence-corrected chi connectivity index (χ4v) is 4.00. The highest BCUT2D eigenvalue weighted by Gasteiger charge is 2.05. The van der Waals surface area contributed by atoms with Crippen molar-refractivity contribution in [3.8, 4) is 0 Å². The van der Waals surface area contributed by atoms with Crippen LogP contribution in [-0.2, 0) is 5.75 Å². The summed E-state index contributed by atoms with van der Waals surface area (Å²) in [6.07, 6.45) is 0. The van der Waals surface area contributed by atoms with Crippen LogP contribution < -0.4 is 11.5 Å². The highest BCUT2D eigenvalue weighted by molar-refractivity contribution is 8.89. The lowest BCUT2D eigenvalue weighted by atomic mass is 10.2. The van der Waals surface area contributed by atoms with Crippen LogP contribution in [-0.4, -0.2) is 31.0 Å². The summed E-state index contributed by atoms with van der Waals surface area (Å²) in [4.78, 5) is 2.21. The van der Waals surface area contributed by atoms with Gasteiger partial charge in [0, 0.05) is 18.8 Å². The van der Waals surface area contributed by atoms with Crippen molar-refractivity contribution < 1.29 is 0 Å². The van der Waals surface area contributed by atoms with Gasteiger partial charge >= 0.3 is 0 Å². The molecule has 0 aliphatic heterocycles. The Labute approximate surface area is 167 Å². The summed E-state index contributed by atoms with van der Waals surface area (Å²) < 4.78 is 1.70. The second-order valence-electron chi connectivity index (χ2n) is 4.02. The van der Waals surface area contributed by atoms with E-state index in [0.717, 1.165) is 23.2 Å². The average molecular weight is 424 g/mol. The minimum atomic E-state index is 0.350. The number of rotatable bonds is 4. The van der Waals surface area contributed by atoms with Crippen molar-refractivity contribution in [3.63, 3.8) is 0 Å². The molecule has 1 aromatic carbocycles. The Morgan fingerprint density at radius 2 is 1.43 bits per heavy atom. The first-order valence-corrected chi connectivity index (χ1v) is 11.2. The minimum absolute atomic E-state index is 0.350. The molecular weight excluding hydrogens is 403 g/mol. The van der Waals surface area contributed by atoms with Crippen molar-refractivity contribution in [2.45, 2.75) is 19.6 Å². The van der Waals surface area contributed by atoms with Crippen LogP contribution in [0.15, 0.2) is 30.3 Å². The van der Waals surface area contributed by atoms with Crippen molar-refractivity contribution in [2.75, 3.05) is 13.1 Å². The van der Waals surface area contributed by atoms with Gasteiger partial charge in [0.25, 0.3) is 0 Å². The zero-order valence-corrected chi connectivity index (χ0v) is 18.0. The van der Waals surface area contributed by atoms with Gasteiger partial charge < -0.3 is 16.4 Å². The number of hydrogen-bond acceptors (Lipinski definition) is 6. The fourth-order valence-electron chi connectivity index (χ4n) is 1.37. The van der Waals surface area contributed by atoms with E-state index in [9.17, 15) is 0 Å². The second kappa shape index (κ2) is 14.3. The fraction of sp³-hybridized carbons (Fsp3) is 0.357. The van der Waals surface area contributed by atoms with Gasteiger partial charge in [0.05, 0.1) is 0 Å². The summed E-state index contributed by atoms with van der Waals surface area (Å²) in [6.45, 7) is 6.27. The maximum Gasteiger partial charge on any atom is 0.142 e. The van der Waals surface area contributed by atoms with Crippen LogP contribution in [0.25, 0.3) is 0 Å². The zero-order chi connectivity index (χ0) is 17.7. The first kappa shape index (κ1) is 22.9. The lowest BCUT2D eigenvalue weighted by Gasteiger charge is -2.20. The third-order valence-corrected chi connectivity index (χ3v) is 6.90. The van der Waals surface area contributed by atoms with E-state index >= 15 is 0 Å². The van der Waals surface area contributed by atoms with Gasteiger partial charge in [0.2, 0.25) is 0 Å². The second-order valence-corrected chi connectivity index (χ2v) is 9.24. The molecule has 128 valence electrons. The van der Waals surface area contributed by atoms with Crippen molar-refractivity contribution in [3.05, 3.63) is 35.9 Å². The maximum atomic E-state index is 5.36. The third-order valence-electron chi connectivity index (χ3n) is 2.43. The van der Waals surface area contributed by atoms with Gasteiger partial charge in [-0.3, -0.25) is 0 Å². The number of thiocarbonyl (C=S) groups is 3. The van der Waals surface area contributed by atoms with Crippen LogP contribution in [0.4, 0.5) is 0 Å². The predicted octanol–water partition coefficient (Wildman–Crippen LogP) is 4.40. The highest BCUT2D eigenvalue weighted by atomic mass is 33.1. The van der Waals surface area contributed by atoms with E-state index in [-0.39, 0.29) is 0 Å². The Morgan fingerprint density at radius 3 is 1.83 bits per heavy atom. The normalized spacial score (nSPS) is 9.48. The van der Waals surface area contributed by atoms with Crippen molar-refractivity contribution in [1.82, 2.24) is 4.90 Å². The van der Waals surface area contributed by atoms with Crippen LogP contribution in [0.5, 0.6) is 0 Å². The molecule has 0 saturated heterocycles. The first-order valence-electron chi connectivity index (χ1n) is 6.79. The van der Waals surface area contributed by atoms with E-state index in [1.54, 1.807) is 11.8 Å². The topological polar surface area (TPSA) is 55.3 Å². The van der Waals surface area contributed by atoms with Gasteiger partial charge in [0.1, 0.15) is 13.0 Å². The Morgan fingerprint density at radius 1 is 0.957 bits per heavy atom. The SMILES string of the molecule is CCN(CC)C(=S)SCc1ccccc1.NC(=S)SSC(N)=S. The predicted molar refractivity (Wildman–Crippen MR) is 122 cm³/mol. The van der Waals surface area contributed by atoms with Gasteiger partial charge in [-0.05, 0) is 41.0 Å². The molecule has 1 aromatic rings. The van der Waals surface area contributed by atoms with Crippen LogP contribution in [0, 0.1) is 0 Å². The molecule has 0 bridgehead atoms. The molecular formula is C14H21N3S6. The van der Waals surface area contributed by atoms with E-state index in [1.807, 2.05) is 6.07 Å². The molecule has 0 fully saturated rings. The lowest BCUT2D eigenvalue weighted by Crippen LogP contribution is -2.26. The summed E-state index contributed by atoms with van der Waals surface area (Å²) in [5, 5.41) is 0. The van der Waals surface area contributed by atoms with E-state index < -0.39 is 0 Å². The van der Waals surface area contributed by atoms with Gasteiger partial charge in [-0.15, -0.1) is 0 Å². The molecule has 0 unspecified atom stereocenters. The molecule has 1 rings (SSSR count). The van der Waals surface area contributed by atoms with Gasteiger partial charge in [-0.25, -0.2) is 0 Å². The molecule has 0 heterocycles. The number of nitrogens with two attached hydrogens (primary N) is 2. The molecule has 0 atom stereocenters. The van der Waals surface area contributed by atoms with Gasteiger partial charge in [-0.1, -0.05) is 78.7 Å². The Kier molecular flexibility index (Phi) is 14.3. The first-order chi connectivity index (χ1) is 10.9. The molecule has 3 nitrogen and oxygen atoms in total. The molecule has 0 aliphatic rings. The van der Waals surface area contributed by atoms with E-state index in [2.05, 4.69) is 67.4 Å². The number of hydrogen-bond donors (Lipinski definition) is 2. The summed E-state index contributed by atoms with van der Waals surface area (Å²) in [5.41, 5.74) is 11.5. The van der Waals surface area contributed by atoms with Crippen molar-refractivity contribution in [1.29, 1.82) is 0 Å². The molecule has 0 amide bonds. The van der Waals surface area contributed by atoms with Gasteiger partial charge in [0.15, 0.2) is 0 Å². The number of nitrogens with zero attached hydrogens (tertiary/aromatic N) is 1. The smallest absolute Gasteiger partial charge is 0.142 e.